The Balaban J connectivity index is 3.35. The van der Waals surface area contributed by atoms with Gasteiger partial charge in [0, 0.05) is 13.1 Å². The predicted molar refractivity (Wildman–Crippen MR) is 110 cm³/mol. The summed E-state index contributed by atoms with van der Waals surface area (Å²) in [6.45, 7) is 10.4. The average molecular weight is 435 g/mol. The van der Waals surface area contributed by atoms with Crippen LogP contribution < -0.4 is 10.1 Å². The number of sulfonamides is 1. The van der Waals surface area contributed by atoms with Crippen molar-refractivity contribution in [2.75, 3.05) is 25.0 Å². The lowest BCUT2D eigenvalue weighted by atomic mass is 10.2. The molecular formula is C18H30N2O6S2. The van der Waals surface area contributed by atoms with Gasteiger partial charge in [-0.2, -0.15) is 4.31 Å². The smallest absolute Gasteiger partial charge is 0.243 e. The summed E-state index contributed by atoms with van der Waals surface area (Å²) in [4.78, 5) is 12.5. The van der Waals surface area contributed by atoms with Crippen LogP contribution in [0.15, 0.2) is 23.1 Å². The van der Waals surface area contributed by atoms with Crippen molar-refractivity contribution in [3.8, 4) is 5.75 Å². The van der Waals surface area contributed by atoms with Crippen LogP contribution in [0.25, 0.3) is 0 Å². The van der Waals surface area contributed by atoms with E-state index in [-0.39, 0.29) is 16.3 Å². The van der Waals surface area contributed by atoms with Crippen LogP contribution in [0.1, 0.15) is 41.5 Å². The number of sulfone groups is 1. The molecule has 10 heteroatoms. The standard InChI is InChI=1S/C18H30N2O6S2/c1-7-20(8-2)28(24,25)15-10-11-17(26-9-3)16(12-15)19-18(21)14(6)27(22,23)13(4)5/h10-14H,7-9H2,1-6H3,(H,19,21). The highest BCUT2D eigenvalue weighted by Gasteiger charge is 2.31. The molecule has 1 N–H and O–H groups in total. The number of benzene rings is 1. The predicted octanol–water partition coefficient (Wildman–Crippen LogP) is 2.27. The maximum atomic E-state index is 12.8. The summed E-state index contributed by atoms with van der Waals surface area (Å²) in [7, 11) is -7.41. The van der Waals surface area contributed by atoms with E-state index in [0.717, 1.165) is 0 Å². The maximum absolute atomic E-state index is 12.8. The van der Waals surface area contributed by atoms with Crippen molar-refractivity contribution in [3.05, 3.63) is 18.2 Å². The van der Waals surface area contributed by atoms with Crippen LogP contribution in [0.2, 0.25) is 0 Å². The summed E-state index contributed by atoms with van der Waals surface area (Å²) in [5.41, 5.74) is 0.117. The van der Waals surface area contributed by atoms with E-state index in [9.17, 15) is 21.6 Å². The maximum Gasteiger partial charge on any atom is 0.243 e. The van der Waals surface area contributed by atoms with Gasteiger partial charge in [-0.25, -0.2) is 16.8 Å². The Kier molecular flexibility index (Phi) is 8.45. The van der Waals surface area contributed by atoms with E-state index in [2.05, 4.69) is 5.32 Å². The Morgan fingerprint density at radius 2 is 1.64 bits per heavy atom. The van der Waals surface area contributed by atoms with Gasteiger partial charge in [-0.15, -0.1) is 0 Å². The number of hydrogen-bond acceptors (Lipinski definition) is 6. The van der Waals surface area contributed by atoms with E-state index < -0.39 is 36.3 Å². The zero-order chi connectivity index (χ0) is 21.7. The summed E-state index contributed by atoms with van der Waals surface area (Å²) in [6, 6.07) is 4.16. The molecule has 0 aliphatic heterocycles. The highest BCUT2D eigenvalue weighted by Crippen LogP contribution is 2.30. The van der Waals surface area contributed by atoms with Crippen LogP contribution in [0.3, 0.4) is 0 Å². The topological polar surface area (TPSA) is 110 Å². The third kappa shape index (κ3) is 5.24. The molecule has 8 nitrogen and oxygen atoms in total. The highest BCUT2D eigenvalue weighted by atomic mass is 32.2. The Bertz CT molecular complexity index is 891. The minimum atomic E-state index is -3.75. The Hall–Kier alpha value is -1.65. The van der Waals surface area contributed by atoms with Gasteiger partial charge >= 0.3 is 0 Å². The number of anilines is 1. The molecule has 0 fully saturated rings. The van der Waals surface area contributed by atoms with E-state index in [1.165, 1.54) is 43.3 Å². The van der Waals surface area contributed by atoms with Gasteiger partial charge < -0.3 is 10.1 Å². The van der Waals surface area contributed by atoms with Crippen molar-refractivity contribution in [2.45, 2.75) is 56.9 Å². The SMILES string of the molecule is CCOc1ccc(S(=O)(=O)N(CC)CC)cc1NC(=O)C(C)S(=O)(=O)C(C)C. The van der Waals surface area contributed by atoms with Crippen molar-refractivity contribution in [2.24, 2.45) is 0 Å². The fourth-order valence-electron chi connectivity index (χ4n) is 2.55. The first-order valence-corrected chi connectivity index (χ1v) is 12.3. The second kappa shape index (κ2) is 9.71. The molecule has 1 unspecified atom stereocenters. The lowest BCUT2D eigenvalue weighted by Crippen LogP contribution is -2.36. The molecule has 0 saturated heterocycles. The van der Waals surface area contributed by atoms with Crippen molar-refractivity contribution in [1.29, 1.82) is 0 Å². The zero-order valence-electron chi connectivity index (χ0n) is 17.2. The van der Waals surface area contributed by atoms with Crippen LogP contribution in [0.5, 0.6) is 5.75 Å². The summed E-state index contributed by atoms with van der Waals surface area (Å²) in [5.74, 6) is -0.476. The molecule has 160 valence electrons. The first-order valence-electron chi connectivity index (χ1n) is 9.23. The quantitative estimate of drug-likeness (QED) is 0.605. The van der Waals surface area contributed by atoms with Crippen molar-refractivity contribution >= 4 is 31.5 Å². The van der Waals surface area contributed by atoms with Gasteiger partial charge in [-0.1, -0.05) is 13.8 Å². The van der Waals surface area contributed by atoms with Crippen LogP contribution in [-0.4, -0.2) is 57.2 Å². The van der Waals surface area contributed by atoms with Crippen molar-refractivity contribution in [3.63, 3.8) is 0 Å². The average Bonchev–Trinajstić information content (AvgIpc) is 2.63. The van der Waals surface area contributed by atoms with Gasteiger partial charge in [-0.05, 0) is 45.9 Å². The molecular weight excluding hydrogens is 404 g/mol. The molecule has 0 heterocycles. The molecule has 0 saturated carbocycles. The minimum Gasteiger partial charge on any atom is -0.492 e. The van der Waals surface area contributed by atoms with Crippen molar-refractivity contribution < 1.29 is 26.4 Å². The molecule has 0 spiro atoms. The molecule has 0 aliphatic rings. The highest BCUT2D eigenvalue weighted by molar-refractivity contribution is 7.93. The van der Waals surface area contributed by atoms with Crippen LogP contribution in [0, 0.1) is 0 Å². The van der Waals surface area contributed by atoms with E-state index in [4.69, 9.17) is 4.74 Å². The molecule has 0 bridgehead atoms. The zero-order valence-corrected chi connectivity index (χ0v) is 18.9. The minimum absolute atomic E-state index is 0.00526. The van der Waals surface area contributed by atoms with E-state index in [1.54, 1.807) is 20.8 Å². The third-order valence-corrected chi connectivity index (χ3v) is 8.93. The summed E-state index contributed by atoms with van der Waals surface area (Å²) in [6.07, 6.45) is 0. The number of rotatable bonds is 10. The normalized spacial score (nSPS) is 13.6. The first kappa shape index (κ1) is 24.4. The van der Waals surface area contributed by atoms with Gasteiger partial charge in [0.25, 0.3) is 0 Å². The van der Waals surface area contributed by atoms with Crippen LogP contribution in [0.4, 0.5) is 5.69 Å². The fraction of sp³-hybridized carbons (Fsp3) is 0.611. The lowest BCUT2D eigenvalue weighted by molar-refractivity contribution is -0.115. The van der Waals surface area contributed by atoms with Gasteiger partial charge in [-0.3, -0.25) is 4.79 Å². The summed E-state index contributed by atoms with van der Waals surface area (Å²) >= 11 is 0. The molecule has 0 radical (unpaired) electrons. The van der Waals surface area contributed by atoms with E-state index in [0.29, 0.717) is 19.7 Å². The monoisotopic (exact) mass is 434 g/mol. The van der Waals surface area contributed by atoms with Gasteiger partial charge in [0.1, 0.15) is 11.0 Å². The van der Waals surface area contributed by atoms with Crippen LogP contribution >= 0.6 is 0 Å². The van der Waals surface area contributed by atoms with Gasteiger partial charge in [0.05, 0.1) is 22.4 Å². The fourth-order valence-corrected chi connectivity index (χ4v) is 5.21. The second-order valence-corrected chi connectivity index (χ2v) is 11.2. The number of nitrogens with one attached hydrogen (secondary N) is 1. The Labute approximate surface area is 168 Å². The molecule has 0 aliphatic carbocycles. The number of nitrogens with zero attached hydrogens (tertiary/aromatic N) is 1. The largest absolute Gasteiger partial charge is 0.492 e. The van der Waals surface area contributed by atoms with Gasteiger partial charge in [0.2, 0.25) is 15.9 Å². The van der Waals surface area contributed by atoms with E-state index >= 15 is 0 Å². The number of carbonyl (C=O) groups is 1. The third-order valence-electron chi connectivity index (χ3n) is 4.37. The Morgan fingerprint density at radius 3 is 2.11 bits per heavy atom. The molecule has 1 rings (SSSR count). The molecule has 1 aromatic carbocycles. The molecule has 1 atom stereocenters. The summed E-state index contributed by atoms with van der Waals surface area (Å²) < 4.78 is 56.8. The first-order chi connectivity index (χ1) is 12.9. The molecule has 1 amide bonds. The number of hydrogen-bond donors (Lipinski definition) is 1. The van der Waals surface area contributed by atoms with Crippen molar-refractivity contribution in [1.82, 2.24) is 4.31 Å². The molecule has 1 aromatic rings. The lowest BCUT2D eigenvalue weighted by Gasteiger charge is -2.21. The number of amides is 1. The second-order valence-electron chi connectivity index (χ2n) is 6.45. The summed E-state index contributed by atoms with van der Waals surface area (Å²) in [5, 5.41) is 0.517. The Morgan fingerprint density at radius 1 is 1.07 bits per heavy atom. The van der Waals surface area contributed by atoms with Crippen LogP contribution in [-0.2, 0) is 24.7 Å². The van der Waals surface area contributed by atoms with E-state index in [1.807, 2.05) is 0 Å². The number of ether oxygens (including phenoxy) is 1. The molecule has 28 heavy (non-hydrogen) atoms. The van der Waals surface area contributed by atoms with Gasteiger partial charge in [0.15, 0.2) is 9.84 Å². The number of carbonyl (C=O) groups excluding carboxylic acids is 1. The molecule has 0 aromatic heterocycles.